The molecule has 0 atom stereocenters. The van der Waals surface area contributed by atoms with E-state index in [0.29, 0.717) is 13.2 Å². The van der Waals surface area contributed by atoms with Crippen molar-refractivity contribution in [1.82, 2.24) is 0 Å². The molecule has 4 aromatic rings. The van der Waals surface area contributed by atoms with Crippen LogP contribution in [0.1, 0.15) is 97.2 Å². The molecule has 0 aliphatic carbocycles. The summed E-state index contributed by atoms with van der Waals surface area (Å²) in [5, 5.41) is 2.45. The Morgan fingerprint density at radius 3 is 1.78 bits per heavy atom. The summed E-state index contributed by atoms with van der Waals surface area (Å²) in [6.45, 7) is 9.88. The molecular weight excluding hydrogens is 617 g/mol. The summed E-state index contributed by atoms with van der Waals surface area (Å²) in [4.78, 5) is 22.2. The summed E-state index contributed by atoms with van der Waals surface area (Å²) in [5.74, 6) is 12.7. The summed E-state index contributed by atoms with van der Waals surface area (Å²) in [6, 6.07) is 27.9. The van der Waals surface area contributed by atoms with E-state index in [1.807, 2.05) is 0 Å². The number of hydrogen-bond acceptors (Lipinski definition) is 4. The zero-order chi connectivity index (χ0) is 35.4. The van der Waals surface area contributed by atoms with Crippen LogP contribution in [0.4, 0.5) is 0 Å². The van der Waals surface area contributed by atoms with Gasteiger partial charge in [0.25, 0.3) is 0 Å². The Hall–Kier alpha value is -5.32. The number of rotatable bonds is 17. The lowest BCUT2D eigenvalue weighted by atomic mass is 9.99. The average Bonchev–Trinajstić information content (AvgIpc) is 3.15. The maximum absolute atomic E-state index is 11.1. The van der Waals surface area contributed by atoms with Gasteiger partial charge < -0.3 is 9.47 Å². The van der Waals surface area contributed by atoms with Gasteiger partial charge in [-0.15, -0.1) is 0 Å². The lowest BCUT2D eigenvalue weighted by molar-refractivity contribution is -0.138. The number of hydrogen-bond donors (Lipinski definition) is 0. The highest BCUT2D eigenvalue weighted by atomic mass is 16.5. The van der Waals surface area contributed by atoms with Crippen LogP contribution in [0.2, 0.25) is 0 Å². The third-order valence-electron chi connectivity index (χ3n) is 8.58. The molecule has 50 heavy (non-hydrogen) atoms. The number of ether oxygens (including phenoxy) is 2. The van der Waals surface area contributed by atoms with Gasteiger partial charge in [0.1, 0.15) is 0 Å². The number of aryl methyl sites for hydroxylation is 3. The van der Waals surface area contributed by atoms with Gasteiger partial charge in [-0.05, 0) is 115 Å². The first-order valence-corrected chi connectivity index (χ1v) is 17.8. The molecule has 4 aromatic carbocycles. The van der Waals surface area contributed by atoms with Gasteiger partial charge in [-0.2, -0.15) is 0 Å². The van der Waals surface area contributed by atoms with E-state index in [4.69, 9.17) is 9.47 Å². The number of unbranched alkanes of at least 4 members (excludes halogenated alkanes) is 6. The molecule has 0 spiro atoms. The zero-order valence-electron chi connectivity index (χ0n) is 29.4. The van der Waals surface area contributed by atoms with E-state index in [1.54, 1.807) is 0 Å². The Balaban J connectivity index is 1.25. The third-order valence-corrected chi connectivity index (χ3v) is 8.58. The molecule has 4 nitrogen and oxygen atoms in total. The molecular formula is C46H48O4. The standard InChI is InChI=1S/C46H48O4/c1-4-41-33-39(22-21-37-19-17-36(18-20-37)15-12-14-32-50-46(48)6-3)23-27-42(41)28-24-40-26-30-43-34-38(25-29-44(43)35-40)16-11-9-7-8-10-13-31-49-45(47)5-2/h5-6,17-20,23,25-27,29-30,33-35H,2-4,7-16,31-32H2,1H3. The minimum Gasteiger partial charge on any atom is -0.463 e. The Morgan fingerprint density at radius 1 is 0.560 bits per heavy atom. The summed E-state index contributed by atoms with van der Waals surface area (Å²) >= 11 is 0. The van der Waals surface area contributed by atoms with Crippen molar-refractivity contribution in [2.75, 3.05) is 13.2 Å². The maximum atomic E-state index is 11.1. The topological polar surface area (TPSA) is 52.6 Å². The van der Waals surface area contributed by atoms with Crippen LogP contribution >= 0.6 is 0 Å². The molecule has 0 heterocycles. The largest absolute Gasteiger partial charge is 0.463 e. The van der Waals surface area contributed by atoms with E-state index in [1.165, 1.54) is 65.3 Å². The van der Waals surface area contributed by atoms with Crippen LogP contribution in [0, 0.1) is 23.7 Å². The van der Waals surface area contributed by atoms with Crippen LogP contribution in [-0.4, -0.2) is 25.2 Å². The lowest BCUT2D eigenvalue weighted by Gasteiger charge is -2.06. The van der Waals surface area contributed by atoms with Crippen molar-refractivity contribution in [3.63, 3.8) is 0 Å². The van der Waals surface area contributed by atoms with Crippen LogP contribution < -0.4 is 0 Å². The summed E-state index contributed by atoms with van der Waals surface area (Å²) in [7, 11) is 0. The van der Waals surface area contributed by atoms with E-state index in [0.717, 1.165) is 67.2 Å². The second kappa shape index (κ2) is 20.9. The molecule has 4 heteroatoms. The van der Waals surface area contributed by atoms with Crippen molar-refractivity contribution in [3.05, 3.63) is 143 Å². The van der Waals surface area contributed by atoms with Crippen molar-refractivity contribution in [1.29, 1.82) is 0 Å². The molecule has 0 bridgehead atoms. The van der Waals surface area contributed by atoms with Gasteiger partial charge >= 0.3 is 11.9 Å². The molecule has 0 saturated heterocycles. The number of carbonyl (C=O) groups is 2. The van der Waals surface area contributed by atoms with Crippen LogP contribution in [0.25, 0.3) is 10.8 Å². The first-order chi connectivity index (χ1) is 24.5. The van der Waals surface area contributed by atoms with E-state index in [-0.39, 0.29) is 11.9 Å². The van der Waals surface area contributed by atoms with Crippen LogP contribution in [0.3, 0.4) is 0 Å². The van der Waals surface area contributed by atoms with Gasteiger partial charge in [-0.3, -0.25) is 0 Å². The Morgan fingerprint density at radius 2 is 1.06 bits per heavy atom. The van der Waals surface area contributed by atoms with Gasteiger partial charge in [0.05, 0.1) is 13.2 Å². The predicted molar refractivity (Wildman–Crippen MR) is 205 cm³/mol. The van der Waals surface area contributed by atoms with Crippen molar-refractivity contribution >= 4 is 22.7 Å². The summed E-state index contributed by atoms with van der Waals surface area (Å²) < 4.78 is 10.1. The molecule has 0 saturated carbocycles. The molecule has 0 unspecified atom stereocenters. The summed E-state index contributed by atoms with van der Waals surface area (Å²) in [5.41, 5.74) is 7.82. The average molecular weight is 665 g/mol. The highest BCUT2D eigenvalue weighted by molar-refractivity contribution is 5.84. The molecule has 4 rings (SSSR count). The first kappa shape index (κ1) is 37.5. The van der Waals surface area contributed by atoms with Gasteiger partial charge in [0.2, 0.25) is 0 Å². The smallest absolute Gasteiger partial charge is 0.330 e. The van der Waals surface area contributed by atoms with E-state index in [9.17, 15) is 9.59 Å². The van der Waals surface area contributed by atoms with Crippen molar-refractivity contribution in [2.24, 2.45) is 0 Å². The lowest BCUT2D eigenvalue weighted by Crippen LogP contribution is -2.02. The fraction of sp³-hybridized carbons (Fsp3) is 0.304. The Labute approximate surface area is 298 Å². The highest BCUT2D eigenvalue weighted by Crippen LogP contribution is 2.20. The second-order valence-electron chi connectivity index (χ2n) is 12.4. The highest BCUT2D eigenvalue weighted by Gasteiger charge is 2.03. The van der Waals surface area contributed by atoms with Crippen molar-refractivity contribution in [2.45, 2.75) is 77.6 Å². The minimum atomic E-state index is -0.368. The number of esters is 2. The third kappa shape index (κ3) is 12.9. The number of fused-ring (bicyclic) bond motifs is 1. The van der Waals surface area contributed by atoms with Gasteiger partial charge in [-0.25, -0.2) is 9.59 Å². The van der Waals surface area contributed by atoms with Crippen molar-refractivity contribution < 1.29 is 19.1 Å². The fourth-order valence-corrected chi connectivity index (χ4v) is 5.69. The minimum absolute atomic E-state index is 0.337. The van der Waals surface area contributed by atoms with Crippen LogP contribution in [0.5, 0.6) is 0 Å². The predicted octanol–water partition coefficient (Wildman–Crippen LogP) is 9.87. The Kier molecular flexibility index (Phi) is 15.7. The first-order valence-electron chi connectivity index (χ1n) is 17.8. The SMILES string of the molecule is C=CC(=O)OCCCCCCCCc1ccc2cc(C#Cc3ccc(C#Cc4ccc(CCCCOC(=O)C=C)cc4)cc3CC)ccc2c1. The normalized spacial score (nSPS) is 10.3. The maximum Gasteiger partial charge on any atom is 0.330 e. The number of carbonyl (C=O) groups excluding carboxylic acids is 2. The zero-order valence-corrected chi connectivity index (χ0v) is 29.4. The number of benzene rings is 4. The molecule has 0 amide bonds. The second-order valence-corrected chi connectivity index (χ2v) is 12.4. The van der Waals surface area contributed by atoms with Gasteiger partial charge in [0.15, 0.2) is 0 Å². The molecule has 0 aliphatic heterocycles. The molecule has 256 valence electrons. The van der Waals surface area contributed by atoms with Gasteiger partial charge in [0, 0.05) is 34.4 Å². The van der Waals surface area contributed by atoms with E-state index < -0.39 is 0 Å². The van der Waals surface area contributed by atoms with Gasteiger partial charge in [-0.1, -0.05) is 106 Å². The quantitative estimate of drug-likeness (QED) is 0.0488. The van der Waals surface area contributed by atoms with E-state index in [2.05, 4.69) is 123 Å². The summed E-state index contributed by atoms with van der Waals surface area (Å²) in [6.07, 6.45) is 13.9. The fourth-order valence-electron chi connectivity index (χ4n) is 5.69. The molecule has 0 N–H and O–H groups in total. The molecule has 0 aromatic heterocycles. The van der Waals surface area contributed by atoms with Crippen LogP contribution in [0.15, 0.2) is 104 Å². The molecule has 0 fully saturated rings. The monoisotopic (exact) mass is 664 g/mol. The Bertz CT molecular complexity index is 1880. The van der Waals surface area contributed by atoms with E-state index >= 15 is 0 Å². The van der Waals surface area contributed by atoms with Crippen molar-refractivity contribution in [3.8, 4) is 23.7 Å². The van der Waals surface area contributed by atoms with Crippen LogP contribution in [-0.2, 0) is 38.3 Å². The molecule has 0 aliphatic rings. The molecule has 0 radical (unpaired) electrons.